The number of nitrogens with two attached hydrogens (primary N) is 1. The molecule has 6 heteroatoms. The van der Waals surface area contributed by atoms with Gasteiger partial charge in [-0.1, -0.05) is 31.5 Å². The molecule has 0 bridgehead atoms. The molecule has 0 amide bonds. The van der Waals surface area contributed by atoms with Crippen LogP contribution in [0.2, 0.25) is 5.02 Å². The number of piperazine rings is 1. The van der Waals surface area contributed by atoms with Gasteiger partial charge in [0, 0.05) is 43.4 Å². The highest BCUT2D eigenvalue weighted by Crippen LogP contribution is 2.20. The first-order valence-electron chi connectivity index (χ1n) is 7.36. The molecule has 1 fully saturated rings. The highest BCUT2D eigenvalue weighted by Gasteiger charge is 2.19. The van der Waals surface area contributed by atoms with E-state index in [0.29, 0.717) is 5.92 Å². The molecule has 1 aromatic rings. The molecule has 0 radical (unpaired) electrons. The molecule has 0 aromatic heterocycles. The van der Waals surface area contributed by atoms with Gasteiger partial charge in [0.2, 0.25) is 5.96 Å². The summed E-state index contributed by atoms with van der Waals surface area (Å²) in [5.74, 6) is 6.92. The van der Waals surface area contributed by atoms with Crippen molar-refractivity contribution in [2.75, 3.05) is 37.6 Å². The molecule has 1 aromatic carbocycles. The number of hydrazine groups is 1. The topological polar surface area (TPSA) is 56.9 Å². The van der Waals surface area contributed by atoms with Gasteiger partial charge in [-0.3, -0.25) is 10.4 Å². The Bertz CT molecular complexity index is 481. The maximum atomic E-state index is 6.05. The molecule has 3 N–H and O–H groups in total. The van der Waals surface area contributed by atoms with Crippen molar-refractivity contribution in [3.05, 3.63) is 29.3 Å². The summed E-state index contributed by atoms with van der Waals surface area (Å²) in [6, 6.07) is 7.99. The number of nitrogens with zero attached hydrogens (tertiary/aromatic N) is 3. The van der Waals surface area contributed by atoms with Gasteiger partial charge in [0.1, 0.15) is 0 Å². The first-order chi connectivity index (χ1) is 10.1. The maximum Gasteiger partial charge on any atom is 0.208 e. The zero-order valence-corrected chi connectivity index (χ0v) is 13.5. The number of hydrogen-bond acceptors (Lipinski definition) is 3. The van der Waals surface area contributed by atoms with Crippen molar-refractivity contribution in [3.8, 4) is 0 Å². The van der Waals surface area contributed by atoms with E-state index in [9.17, 15) is 0 Å². The Balaban J connectivity index is 1.94. The Morgan fingerprint density at radius 2 is 2.05 bits per heavy atom. The van der Waals surface area contributed by atoms with E-state index >= 15 is 0 Å². The third-order valence-electron chi connectivity index (χ3n) is 3.49. The molecule has 0 saturated carbocycles. The molecule has 5 nitrogen and oxygen atoms in total. The fourth-order valence-electron chi connectivity index (χ4n) is 2.36. The number of rotatable bonds is 3. The van der Waals surface area contributed by atoms with Crippen LogP contribution >= 0.6 is 11.6 Å². The Morgan fingerprint density at radius 3 is 2.62 bits per heavy atom. The number of anilines is 1. The average molecular weight is 310 g/mol. The zero-order valence-electron chi connectivity index (χ0n) is 12.7. The lowest BCUT2D eigenvalue weighted by atomic mass is 10.2. The number of guanidine groups is 1. The quantitative estimate of drug-likeness (QED) is 0.388. The van der Waals surface area contributed by atoms with Crippen LogP contribution in [-0.2, 0) is 0 Å². The molecule has 1 aliphatic heterocycles. The van der Waals surface area contributed by atoms with Crippen LogP contribution in [0.3, 0.4) is 0 Å². The third kappa shape index (κ3) is 4.51. The summed E-state index contributed by atoms with van der Waals surface area (Å²) in [5.41, 5.74) is 3.90. The van der Waals surface area contributed by atoms with Gasteiger partial charge in [0.25, 0.3) is 0 Å². The van der Waals surface area contributed by atoms with Crippen molar-refractivity contribution in [3.63, 3.8) is 0 Å². The van der Waals surface area contributed by atoms with Gasteiger partial charge >= 0.3 is 0 Å². The van der Waals surface area contributed by atoms with Crippen LogP contribution in [0.4, 0.5) is 5.69 Å². The van der Waals surface area contributed by atoms with Gasteiger partial charge < -0.3 is 9.80 Å². The lowest BCUT2D eigenvalue weighted by Gasteiger charge is -2.37. The van der Waals surface area contributed by atoms with Crippen LogP contribution in [-0.4, -0.2) is 43.6 Å². The smallest absolute Gasteiger partial charge is 0.208 e. The Morgan fingerprint density at radius 1 is 1.33 bits per heavy atom. The summed E-state index contributed by atoms with van der Waals surface area (Å²) in [6.45, 7) is 8.74. The minimum Gasteiger partial charge on any atom is -0.368 e. The third-order valence-corrected chi connectivity index (χ3v) is 3.72. The van der Waals surface area contributed by atoms with Gasteiger partial charge in [0.05, 0.1) is 0 Å². The molecular weight excluding hydrogens is 286 g/mol. The van der Waals surface area contributed by atoms with E-state index < -0.39 is 0 Å². The minimum absolute atomic E-state index is 0.529. The number of nitrogens with one attached hydrogen (secondary N) is 1. The van der Waals surface area contributed by atoms with E-state index in [1.807, 2.05) is 18.2 Å². The van der Waals surface area contributed by atoms with Crippen LogP contribution in [0.15, 0.2) is 29.3 Å². The molecule has 0 aliphatic carbocycles. The molecule has 21 heavy (non-hydrogen) atoms. The predicted molar refractivity (Wildman–Crippen MR) is 89.7 cm³/mol. The number of benzene rings is 1. The molecular formula is C15H24ClN5. The number of hydrogen-bond donors (Lipinski definition) is 2. The van der Waals surface area contributed by atoms with Crippen molar-refractivity contribution < 1.29 is 0 Å². The first kappa shape index (κ1) is 15.9. The normalized spacial score (nSPS) is 16.5. The van der Waals surface area contributed by atoms with Crippen molar-refractivity contribution in [1.82, 2.24) is 10.3 Å². The highest BCUT2D eigenvalue weighted by molar-refractivity contribution is 6.30. The van der Waals surface area contributed by atoms with Gasteiger partial charge in [0.15, 0.2) is 0 Å². The second kappa shape index (κ2) is 7.52. The second-order valence-corrected chi connectivity index (χ2v) is 6.09. The minimum atomic E-state index is 0.529. The summed E-state index contributed by atoms with van der Waals surface area (Å²) in [7, 11) is 0. The largest absolute Gasteiger partial charge is 0.368 e. The molecule has 116 valence electrons. The Kier molecular flexibility index (Phi) is 5.70. The van der Waals surface area contributed by atoms with Crippen LogP contribution < -0.4 is 16.2 Å². The zero-order chi connectivity index (χ0) is 15.2. The SMILES string of the molecule is CC(C)CN=C(NN)N1CCN(c2cccc(Cl)c2)CC1. The second-order valence-electron chi connectivity index (χ2n) is 5.66. The van der Waals surface area contributed by atoms with Crippen LogP contribution in [0.1, 0.15) is 13.8 Å². The van der Waals surface area contributed by atoms with Crippen molar-refractivity contribution in [2.24, 2.45) is 16.8 Å². The summed E-state index contributed by atoms with van der Waals surface area (Å²) in [5, 5.41) is 0.776. The number of aliphatic imine (C=N–C) groups is 1. The summed E-state index contributed by atoms with van der Waals surface area (Å²) in [6.07, 6.45) is 0. The maximum absolute atomic E-state index is 6.05. The van der Waals surface area contributed by atoms with Gasteiger partial charge in [-0.15, -0.1) is 0 Å². The molecule has 1 saturated heterocycles. The predicted octanol–water partition coefficient (Wildman–Crippen LogP) is 1.94. The van der Waals surface area contributed by atoms with Crippen molar-refractivity contribution in [1.29, 1.82) is 0 Å². The standard InChI is InChI=1S/C15H24ClN5/c1-12(2)11-18-15(19-17)21-8-6-20(7-9-21)14-5-3-4-13(16)10-14/h3-5,10,12H,6-9,11,17H2,1-2H3,(H,18,19). The Labute approximate surface area is 131 Å². The first-order valence-corrected chi connectivity index (χ1v) is 7.74. The van der Waals surface area contributed by atoms with E-state index in [0.717, 1.165) is 43.7 Å². The lowest BCUT2D eigenvalue weighted by molar-refractivity contribution is 0.371. The van der Waals surface area contributed by atoms with Gasteiger partial charge in [-0.25, -0.2) is 5.84 Å². The lowest BCUT2D eigenvalue weighted by Crippen LogP contribution is -2.54. The average Bonchev–Trinajstić information content (AvgIpc) is 2.48. The highest BCUT2D eigenvalue weighted by atomic mass is 35.5. The summed E-state index contributed by atoms with van der Waals surface area (Å²) in [4.78, 5) is 9.07. The molecule has 0 unspecified atom stereocenters. The van der Waals surface area contributed by atoms with Crippen LogP contribution in [0.25, 0.3) is 0 Å². The summed E-state index contributed by atoms with van der Waals surface area (Å²) >= 11 is 6.05. The van der Waals surface area contributed by atoms with Crippen LogP contribution in [0, 0.1) is 5.92 Å². The molecule has 1 heterocycles. The van der Waals surface area contributed by atoms with E-state index in [-0.39, 0.29) is 0 Å². The fraction of sp³-hybridized carbons (Fsp3) is 0.533. The van der Waals surface area contributed by atoms with E-state index in [1.165, 1.54) is 5.69 Å². The van der Waals surface area contributed by atoms with Crippen LogP contribution in [0.5, 0.6) is 0 Å². The Hall–Kier alpha value is -1.46. The molecule has 1 aliphatic rings. The van der Waals surface area contributed by atoms with E-state index in [2.05, 4.69) is 40.1 Å². The number of halogens is 1. The van der Waals surface area contributed by atoms with Gasteiger partial charge in [-0.05, 0) is 24.1 Å². The summed E-state index contributed by atoms with van der Waals surface area (Å²) < 4.78 is 0. The molecule has 0 spiro atoms. The molecule has 0 atom stereocenters. The molecule has 2 rings (SSSR count). The van der Waals surface area contributed by atoms with E-state index in [1.54, 1.807) is 0 Å². The van der Waals surface area contributed by atoms with Gasteiger partial charge in [-0.2, -0.15) is 0 Å². The van der Waals surface area contributed by atoms with Crippen molar-refractivity contribution in [2.45, 2.75) is 13.8 Å². The monoisotopic (exact) mass is 309 g/mol. The fourth-order valence-corrected chi connectivity index (χ4v) is 2.54. The van der Waals surface area contributed by atoms with Crippen molar-refractivity contribution >= 4 is 23.2 Å². The van der Waals surface area contributed by atoms with E-state index in [4.69, 9.17) is 17.4 Å².